The van der Waals surface area contributed by atoms with Gasteiger partial charge in [-0.05, 0) is 0 Å². The summed E-state index contributed by atoms with van der Waals surface area (Å²) in [5.41, 5.74) is -0.580. The molecule has 0 aromatic rings. The van der Waals surface area contributed by atoms with E-state index in [1.54, 1.807) is 0 Å². The van der Waals surface area contributed by atoms with Gasteiger partial charge in [-0.2, -0.15) is 0 Å². The van der Waals surface area contributed by atoms with E-state index in [0.29, 0.717) is 0 Å². The van der Waals surface area contributed by atoms with Crippen LogP contribution >= 0.6 is 7.80 Å². The molecule has 0 amide bonds. The Labute approximate surface area is 102 Å². The van der Waals surface area contributed by atoms with Gasteiger partial charge in [-0.25, -0.2) is 4.79 Å². The third kappa shape index (κ3) is 4.26. The highest BCUT2D eigenvalue weighted by Gasteiger charge is 2.45. The van der Waals surface area contributed by atoms with Gasteiger partial charge in [0.15, 0.2) is 0 Å². The zero-order valence-electron chi connectivity index (χ0n) is 10.5. The smallest absolute Gasteiger partial charge is 0.338 e. The second-order valence-electron chi connectivity index (χ2n) is 3.06. The minimum atomic E-state index is -2.26. The van der Waals surface area contributed by atoms with E-state index in [1.165, 1.54) is 28.4 Å². The van der Waals surface area contributed by atoms with E-state index in [4.69, 9.17) is 18.9 Å². The lowest BCUT2D eigenvalue weighted by molar-refractivity contribution is -0.359. The SMILES string of the molecule is C=CC(=O)[P+](=O)C(CC(OC)(OC)OC)OC. The van der Waals surface area contributed by atoms with E-state index >= 15 is 0 Å². The van der Waals surface area contributed by atoms with E-state index in [-0.39, 0.29) is 6.42 Å². The normalized spacial score (nSPS) is 14.2. The third-order valence-corrected chi connectivity index (χ3v) is 3.82. The molecule has 17 heavy (non-hydrogen) atoms. The highest BCUT2D eigenvalue weighted by Crippen LogP contribution is 2.36. The Morgan fingerprint density at radius 3 is 2.06 bits per heavy atom. The molecule has 0 saturated heterocycles. The van der Waals surface area contributed by atoms with Crippen molar-refractivity contribution in [3.05, 3.63) is 12.7 Å². The maximum Gasteiger partial charge on any atom is 0.451 e. The van der Waals surface area contributed by atoms with Crippen LogP contribution in [0.1, 0.15) is 6.42 Å². The number of methoxy groups -OCH3 is 4. The molecular formula is C10H18O6P+. The maximum atomic E-state index is 11.8. The van der Waals surface area contributed by atoms with E-state index in [2.05, 4.69) is 6.58 Å². The van der Waals surface area contributed by atoms with Crippen molar-refractivity contribution in [3.8, 4) is 0 Å². The Hall–Kier alpha value is -0.650. The van der Waals surface area contributed by atoms with Gasteiger partial charge in [0, 0.05) is 34.5 Å². The Morgan fingerprint density at radius 1 is 1.29 bits per heavy atom. The summed E-state index contributed by atoms with van der Waals surface area (Å²) >= 11 is 0. The van der Waals surface area contributed by atoms with Crippen molar-refractivity contribution in [1.82, 2.24) is 0 Å². The van der Waals surface area contributed by atoms with Crippen LogP contribution in [0.4, 0.5) is 0 Å². The summed E-state index contributed by atoms with van der Waals surface area (Å²) in [6, 6.07) is 0. The Morgan fingerprint density at radius 2 is 1.76 bits per heavy atom. The first-order valence-corrected chi connectivity index (χ1v) is 6.14. The van der Waals surface area contributed by atoms with Crippen LogP contribution in [-0.2, 0) is 28.3 Å². The van der Waals surface area contributed by atoms with Crippen molar-refractivity contribution < 1.29 is 28.3 Å². The first kappa shape index (κ1) is 16.4. The molecule has 7 heteroatoms. The van der Waals surface area contributed by atoms with Crippen LogP contribution in [0.2, 0.25) is 0 Å². The standard InChI is InChI=1S/C10H18O6P/c1-6-8(11)17(12)9(13-2)7-10(14-3,15-4)16-5/h6,9H,1,7H2,2-5H3/q+1. The number of hydrogen-bond donors (Lipinski definition) is 0. The quantitative estimate of drug-likeness (QED) is 0.357. The topological polar surface area (TPSA) is 71.1 Å². The summed E-state index contributed by atoms with van der Waals surface area (Å²) in [6.45, 7) is 3.27. The molecule has 0 aliphatic heterocycles. The van der Waals surface area contributed by atoms with Gasteiger partial charge in [-0.15, -0.1) is 0 Å². The van der Waals surface area contributed by atoms with Crippen LogP contribution in [-0.4, -0.2) is 45.8 Å². The van der Waals surface area contributed by atoms with Gasteiger partial charge < -0.3 is 18.9 Å². The molecule has 0 bridgehead atoms. The van der Waals surface area contributed by atoms with Gasteiger partial charge in [0.1, 0.15) is 6.42 Å². The average molecular weight is 265 g/mol. The molecule has 0 aliphatic carbocycles. The number of allylic oxidation sites excluding steroid dienone is 1. The first-order chi connectivity index (χ1) is 8.00. The first-order valence-electron chi connectivity index (χ1n) is 4.81. The van der Waals surface area contributed by atoms with Crippen molar-refractivity contribution in [2.24, 2.45) is 0 Å². The molecule has 2 unspecified atom stereocenters. The fraction of sp³-hybridized carbons (Fsp3) is 0.700. The van der Waals surface area contributed by atoms with E-state index in [0.717, 1.165) is 6.08 Å². The molecule has 0 aliphatic rings. The minimum Gasteiger partial charge on any atom is -0.338 e. The van der Waals surface area contributed by atoms with Crippen molar-refractivity contribution >= 4 is 13.3 Å². The molecular weight excluding hydrogens is 247 g/mol. The molecule has 0 radical (unpaired) electrons. The summed E-state index contributed by atoms with van der Waals surface area (Å²) < 4.78 is 31.9. The van der Waals surface area contributed by atoms with E-state index in [9.17, 15) is 9.36 Å². The zero-order chi connectivity index (χ0) is 13.5. The third-order valence-electron chi connectivity index (χ3n) is 2.28. The summed E-state index contributed by atoms with van der Waals surface area (Å²) in [7, 11) is 3.22. The fourth-order valence-corrected chi connectivity index (χ4v) is 2.25. The summed E-state index contributed by atoms with van der Waals surface area (Å²) in [5.74, 6) is -2.25. The number of rotatable bonds is 9. The molecule has 6 nitrogen and oxygen atoms in total. The van der Waals surface area contributed by atoms with Gasteiger partial charge in [0.2, 0.25) is 0 Å². The van der Waals surface area contributed by atoms with Crippen LogP contribution in [0.3, 0.4) is 0 Å². The van der Waals surface area contributed by atoms with E-state index < -0.39 is 25.1 Å². The predicted molar refractivity (Wildman–Crippen MR) is 62.0 cm³/mol. The summed E-state index contributed by atoms with van der Waals surface area (Å²) in [5, 5.41) is 0. The second-order valence-corrected chi connectivity index (χ2v) is 4.73. The summed E-state index contributed by atoms with van der Waals surface area (Å²) in [4.78, 5) is 11.3. The van der Waals surface area contributed by atoms with Gasteiger partial charge >= 0.3 is 13.3 Å². The zero-order valence-corrected chi connectivity index (χ0v) is 11.4. The molecule has 0 aromatic carbocycles. The molecule has 0 spiro atoms. The lowest BCUT2D eigenvalue weighted by Crippen LogP contribution is -2.39. The van der Waals surface area contributed by atoms with Crippen LogP contribution < -0.4 is 0 Å². The maximum absolute atomic E-state index is 11.8. The number of carbonyl (C=O) groups excluding carboxylic acids is 1. The number of carbonyl (C=O) groups is 1. The van der Waals surface area contributed by atoms with Crippen LogP contribution in [0.5, 0.6) is 0 Å². The summed E-state index contributed by atoms with van der Waals surface area (Å²) in [6.07, 6.45) is 1.00. The molecule has 0 fully saturated rings. The highest BCUT2D eigenvalue weighted by atomic mass is 31.1. The molecule has 0 aromatic heterocycles. The Kier molecular flexibility index (Phi) is 7.34. The van der Waals surface area contributed by atoms with Crippen molar-refractivity contribution in [2.45, 2.75) is 18.2 Å². The van der Waals surface area contributed by atoms with Crippen molar-refractivity contribution in [1.29, 1.82) is 0 Å². The van der Waals surface area contributed by atoms with Crippen molar-refractivity contribution in [3.63, 3.8) is 0 Å². The van der Waals surface area contributed by atoms with Gasteiger partial charge in [0.25, 0.3) is 11.8 Å². The lowest BCUT2D eigenvalue weighted by atomic mass is 10.4. The monoisotopic (exact) mass is 265 g/mol. The van der Waals surface area contributed by atoms with E-state index in [1.807, 2.05) is 0 Å². The largest absolute Gasteiger partial charge is 0.451 e. The average Bonchev–Trinajstić information content (AvgIpc) is 2.39. The molecule has 0 rings (SSSR count). The molecule has 2 atom stereocenters. The van der Waals surface area contributed by atoms with Gasteiger partial charge in [-0.1, -0.05) is 11.1 Å². The van der Waals surface area contributed by atoms with Crippen molar-refractivity contribution in [2.75, 3.05) is 28.4 Å². The molecule has 0 saturated carbocycles. The van der Waals surface area contributed by atoms with Crippen LogP contribution in [0.25, 0.3) is 0 Å². The van der Waals surface area contributed by atoms with Crippen LogP contribution in [0, 0.1) is 0 Å². The predicted octanol–water partition coefficient (Wildman–Crippen LogP) is 1.48. The fourth-order valence-electron chi connectivity index (χ4n) is 1.21. The Bertz CT molecular complexity index is 278. The molecule has 98 valence electrons. The van der Waals surface area contributed by atoms with Crippen LogP contribution in [0.15, 0.2) is 12.7 Å². The van der Waals surface area contributed by atoms with Gasteiger partial charge in [0.05, 0.1) is 0 Å². The second kappa shape index (κ2) is 7.63. The highest BCUT2D eigenvalue weighted by molar-refractivity contribution is 7.64. The molecule has 0 heterocycles. The molecule has 0 N–H and O–H groups in total. The Balaban J connectivity index is 4.85. The minimum absolute atomic E-state index is 0.00177. The number of hydrogen-bond acceptors (Lipinski definition) is 6. The van der Waals surface area contributed by atoms with Gasteiger partial charge in [-0.3, -0.25) is 0 Å². The number of ether oxygens (including phenoxy) is 4. The lowest BCUT2D eigenvalue weighted by Gasteiger charge is -2.28.